The number of hydrogen-bond acceptors (Lipinski definition) is 5. The lowest BCUT2D eigenvalue weighted by molar-refractivity contribution is -0.146. The number of ether oxygens (including phenoxy) is 1. The van der Waals surface area contributed by atoms with Crippen LogP contribution in [0.3, 0.4) is 0 Å². The number of carbonyl (C=O) groups excluding carboxylic acids is 1. The van der Waals surface area contributed by atoms with Gasteiger partial charge in [0.1, 0.15) is 5.41 Å². The van der Waals surface area contributed by atoms with E-state index in [1.807, 2.05) is 13.0 Å². The van der Waals surface area contributed by atoms with Crippen molar-refractivity contribution >= 4 is 22.2 Å². The summed E-state index contributed by atoms with van der Waals surface area (Å²) in [7, 11) is -3.82. The van der Waals surface area contributed by atoms with Gasteiger partial charge in [-0.3, -0.25) is 4.79 Å². The van der Waals surface area contributed by atoms with Crippen LogP contribution < -0.4 is 4.83 Å². The van der Waals surface area contributed by atoms with Crippen molar-refractivity contribution in [3.8, 4) is 0 Å². The predicted octanol–water partition coefficient (Wildman–Crippen LogP) is 2.78. The highest BCUT2D eigenvalue weighted by Crippen LogP contribution is 2.23. The summed E-state index contributed by atoms with van der Waals surface area (Å²) in [5.74, 6) is -0.510. The molecule has 0 aliphatic rings. The first-order valence-corrected chi connectivity index (χ1v) is 9.63. The Morgan fingerprint density at radius 3 is 2.35 bits per heavy atom. The van der Waals surface area contributed by atoms with Crippen LogP contribution in [-0.2, 0) is 25.0 Å². The molecule has 6 nitrogen and oxygen atoms in total. The summed E-state index contributed by atoms with van der Waals surface area (Å²) in [6.45, 7) is 5.42. The number of benzene rings is 2. The van der Waals surface area contributed by atoms with Gasteiger partial charge in [-0.15, -0.1) is 0 Å². The van der Waals surface area contributed by atoms with E-state index in [2.05, 4.69) is 9.93 Å². The molecule has 0 radical (unpaired) electrons. The molecule has 1 N–H and O–H groups in total. The molecule has 0 heterocycles. The van der Waals surface area contributed by atoms with Crippen molar-refractivity contribution in [1.82, 2.24) is 4.83 Å². The normalized spacial score (nSPS) is 14.0. The van der Waals surface area contributed by atoms with Crippen LogP contribution in [0.4, 0.5) is 0 Å². The molecule has 1 atom stereocenters. The maximum absolute atomic E-state index is 12.4. The molecule has 7 heteroatoms. The van der Waals surface area contributed by atoms with Gasteiger partial charge in [0.2, 0.25) is 0 Å². The van der Waals surface area contributed by atoms with Gasteiger partial charge < -0.3 is 4.74 Å². The molecular formula is C19H22N2O4S. The Kier molecular flexibility index (Phi) is 6.15. The quantitative estimate of drug-likeness (QED) is 0.459. The van der Waals surface area contributed by atoms with Crippen LogP contribution in [0.2, 0.25) is 0 Å². The van der Waals surface area contributed by atoms with E-state index in [0.717, 1.165) is 5.56 Å². The number of sulfonamides is 1. The molecule has 26 heavy (non-hydrogen) atoms. The van der Waals surface area contributed by atoms with Gasteiger partial charge >= 0.3 is 5.97 Å². The van der Waals surface area contributed by atoms with Gasteiger partial charge in [0.05, 0.1) is 11.5 Å². The summed E-state index contributed by atoms with van der Waals surface area (Å²) in [4.78, 5) is 14.7. The second-order valence-electron chi connectivity index (χ2n) is 5.95. The highest BCUT2D eigenvalue weighted by atomic mass is 32.2. The number of hydrogen-bond donors (Lipinski definition) is 1. The van der Waals surface area contributed by atoms with Crippen molar-refractivity contribution in [1.29, 1.82) is 0 Å². The maximum atomic E-state index is 12.4. The first kappa shape index (κ1) is 19.7. The summed E-state index contributed by atoms with van der Waals surface area (Å²) >= 11 is 0. The van der Waals surface area contributed by atoms with Crippen LogP contribution in [0.1, 0.15) is 25.0 Å². The Morgan fingerprint density at radius 2 is 1.77 bits per heavy atom. The summed E-state index contributed by atoms with van der Waals surface area (Å²) in [5.41, 5.74) is 0.385. The Balaban J connectivity index is 2.28. The van der Waals surface area contributed by atoms with Crippen molar-refractivity contribution in [2.45, 2.75) is 31.1 Å². The molecule has 0 saturated carbocycles. The summed E-state index contributed by atoms with van der Waals surface area (Å²) in [5, 5.41) is 3.83. The molecule has 0 aliphatic heterocycles. The van der Waals surface area contributed by atoms with Crippen molar-refractivity contribution < 1.29 is 17.9 Å². The van der Waals surface area contributed by atoms with Crippen LogP contribution in [0.15, 0.2) is 64.6 Å². The van der Waals surface area contributed by atoms with Gasteiger partial charge in [0.15, 0.2) is 0 Å². The third kappa shape index (κ3) is 4.49. The highest BCUT2D eigenvalue weighted by molar-refractivity contribution is 7.89. The second-order valence-corrected chi connectivity index (χ2v) is 7.62. The largest absolute Gasteiger partial charge is 0.465 e. The van der Waals surface area contributed by atoms with E-state index < -0.39 is 21.4 Å². The van der Waals surface area contributed by atoms with Gasteiger partial charge in [0.25, 0.3) is 10.0 Å². The molecule has 0 bridgehead atoms. The van der Waals surface area contributed by atoms with E-state index in [-0.39, 0.29) is 11.5 Å². The smallest absolute Gasteiger partial charge is 0.321 e. The Morgan fingerprint density at radius 1 is 1.15 bits per heavy atom. The third-order valence-electron chi connectivity index (χ3n) is 3.90. The molecule has 0 fully saturated rings. The number of nitrogens with zero attached hydrogens (tertiary/aromatic N) is 1. The topological polar surface area (TPSA) is 84.8 Å². The molecule has 0 saturated heterocycles. The molecule has 2 aromatic carbocycles. The van der Waals surface area contributed by atoms with Crippen molar-refractivity contribution in [3.05, 3.63) is 65.7 Å². The first-order chi connectivity index (χ1) is 12.3. The molecule has 0 unspecified atom stereocenters. The summed E-state index contributed by atoms with van der Waals surface area (Å²) < 4.78 is 29.8. The second kappa shape index (κ2) is 8.14. The van der Waals surface area contributed by atoms with Crippen LogP contribution in [0.5, 0.6) is 0 Å². The molecule has 0 aromatic heterocycles. The summed E-state index contributed by atoms with van der Waals surface area (Å²) in [6, 6.07) is 15.3. The Bertz CT molecular complexity index is 878. The average Bonchev–Trinajstić information content (AvgIpc) is 2.62. The monoisotopic (exact) mass is 374 g/mol. The average molecular weight is 374 g/mol. The van der Waals surface area contributed by atoms with Crippen LogP contribution >= 0.6 is 0 Å². The van der Waals surface area contributed by atoms with Crippen LogP contribution in [0, 0.1) is 6.92 Å². The standard InChI is InChI=1S/C19H22N2O4S/c1-4-25-18(22)19(3,16-8-6-5-7-9-16)14-20-21-26(23,24)17-12-10-15(2)11-13-17/h5-14,21H,4H2,1-3H3/b20-14+/t19-/m0/s1. The zero-order chi connectivity index (χ0) is 19.2. The molecule has 0 amide bonds. The van der Waals surface area contributed by atoms with Gasteiger partial charge in [-0.25, -0.2) is 4.83 Å². The van der Waals surface area contributed by atoms with Gasteiger partial charge in [-0.05, 0) is 38.5 Å². The van der Waals surface area contributed by atoms with Crippen LogP contribution in [-0.4, -0.2) is 27.2 Å². The maximum Gasteiger partial charge on any atom is 0.321 e. The lowest BCUT2D eigenvalue weighted by atomic mass is 9.84. The molecule has 0 spiro atoms. The van der Waals surface area contributed by atoms with E-state index in [1.165, 1.54) is 18.3 Å². The fraction of sp³-hybridized carbons (Fsp3) is 0.263. The highest BCUT2D eigenvalue weighted by Gasteiger charge is 2.35. The molecular weight excluding hydrogens is 352 g/mol. The van der Waals surface area contributed by atoms with E-state index in [0.29, 0.717) is 5.56 Å². The van der Waals surface area contributed by atoms with E-state index >= 15 is 0 Å². The van der Waals surface area contributed by atoms with Gasteiger partial charge in [0, 0.05) is 6.21 Å². The van der Waals surface area contributed by atoms with E-state index in [4.69, 9.17) is 4.74 Å². The first-order valence-electron chi connectivity index (χ1n) is 8.15. The zero-order valence-electron chi connectivity index (χ0n) is 15.0. The number of nitrogens with one attached hydrogen (secondary N) is 1. The lowest BCUT2D eigenvalue weighted by Crippen LogP contribution is -2.37. The minimum atomic E-state index is -3.82. The fourth-order valence-electron chi connectivity index (χ4n) is 2.31. The SMILES string of the molecule is CCOC(=O)[C@@](C)(/C=N/NS(=O)(=O)c1ccc(C)cc1)c1ccccc1. The fourth-order valence-corrected chi connectivity index (χ4v) is 3.10. The number of esters is 1. The predicted molar refractivity (Wildman–Crippen MR) is 100 cm³/mol. The minimum Gasteiger partial charge on any atom is -0.465 e. The number of aryl methyl sites for hydroxylation is 1. The number of rotatable bonds is 7. The molecule has 0 aliphatic carbocycles. The Hall–Kier alpha value is -2.67. The van der Waals surface area contributed by atoms with Gasteiger partial charge in [-0.1, -0.05) is 48.0 Å². The molecule has 2 rings (SSSR count). The third-order valence-corrected chi connectivity index (χ3v) is 5.14. The van der Waals surface area contributed by atoms with Crippen molar-refractivity contribution in [3.63, 3.8) is 0 Å². The van der Waals surface area contributed by atoms with Crippen molar-refractivity contribution in [2.75, 3.05) is 6.61 Å². The van der Waals surface area contributed by atoms with Gasteiger partial charge in [-0.2, -0.15) is 13.5 Å². The Labute approximate surface area is 153 Å². The van der Waals surface area contributed by atoms with Crippen molar-refractivity contribution in [2.24, 2.45) is 5.10 Å². The van der Waals surface area contributed by atoms with E-state index in [1.54, 1.807) is 50.2 Å². The summed E-state index contributed by atoms with van der Waals surface area (Å²) in [6.07, 6.45) is 1.26. The zero-order valence-corrected chi connectivity index (χ0v) is 15.8. The lowest BCUT2D eigenvalue weighted by Gasteiger charge is -2.23. The minimum absolute atomic E-state index is 0.0952. The molecule has 138 valence electrons. The number of hydrazone groups is 1. The van der Waals surface area contributed by atoms with Crippen LogP contribution in [0.25, 0.3) is 0 Å². The number of carbonyl (C=O) groups is 1. The molecule has 2 aromatic rings. The van der Waals surface area contributed by atoms with E-state index in [9.17, 15) is 13.2 Å².